The molecule has 0 spiro atoms. The molecule has 0 aromatic heterocycles. The van der Waals surface area contributed by atoms with E-state index in [-0.39, 0.29) is 11.5 Å². The maximum absolute atomic E-state index is 12.8. The fourth-order valence-electron chi connectivity index (χ4n) is 2.72. The number of alkyl halides is 3. The molecule has 0 aliphatic heterocycles. The molecule has 156 valence electrons. The van der Waals surface area contributed by atoms with Gasteiger partial charge in [-0.3, -0.25) is 10.1 Å². The number of ether oxygens (including phenoxy) is 1. The van der Waals surface area contributed by atoms with Gasteiger partial charge in [-0.2, -0.15) is 13.2 Å². The van der Waals surface area contributed by atoms with Gasteiger partial charge in [-0.25, -0.2) is 0 Å². The summed E-state index contributed by atoms with van der Waals surface area (Å²) in [5.74, 6) is -0.00558. The molecule has 0 unspecified atom stereocenters. The highest BCUT2D eigenvalue weighted by Gasteiger charge is 2.33. The van der Waals surface area contributed by atoms with Crippen LogP contribution in [-0.2, 0) is 12.7 Å². The van der Waals surface area contributed by atoms with Crippen LogP contribution in [0.2, 0.25) is 5.02 Å². The second-order valence-electron chi connectivity index (χ2n) is 6.45. The van der Waals surface area contributed by atoms with E-state index in [2.05, 4.69) is 5.32 Å². The van der Waals surface area contributed by atoms with Crippen molar-refractivity contribution < 1.29 is 22.8 Å². The van der Waals surface area contributed by atoms with E-state index in [0.29, 0.717) is 17.6 Å². The second kappa shape index (κ2) is 8.62. The number of hydrogen-bond donors (Lipinski definition) is 1. The minimum Gasteiger partial charge on any atom is -0.450 e. The molecule has 3 aromatic carbocycles. The number of nitro benzene ring substituents is 1. The first-order chi connectivity index (χ1) is 14.1. The second-order valence-corrected chi connectivity index (χ2v) is 6.86. The number of nitro groups is 1. The summed E-state index contributed by atoms with van der Waals surface area (Å²) in [6.45, 7) is 2.40. The van der Waals surface area contributed by atoms with Crippen LogP contribution in [0.4, 0.5) is 24.5 Å². The molecule has 0 saturated carbocycles. The molecule has 0 saturated heterocycles. The minimum atomic E-state index is -4.68. The first-order valence-electron chi connectivity index (χ1n) is 8.76. The molecular formula is C21H16ClF3N2O3. The summed E-state index contributed by atoms with van der Waals surface area (Å²) in [6, 6.07) is 14.4. The standard InChI is InChI=1S/C21H16ClF3N2O3/c1-13-17(22)3-2-4-18(13)26-12-14-5-8-16(9-6-14)30-20-10-7-15(21(23,24)25)11-19(20)27(28)29/h2-11,26H,12H2,1H3. The average Bonchev–Trinajstić information content (AvgIpc) is 2.69. The molecule has 5 nitrogen and oxygen atoms in total. The van der Waals surface area contributed by atoms with Crippen LogP contribution in [0, 0.1) is 17.0 Å². The zero-order valence-electron chi connectivity index (χ0n) is 15.7. The van der Waals surface area contributed by atoms with E-state index in [0.717, 1.165) is 28.9 Å². The Hall–Kier alpha value is -3.26. The van der Waals surface area contributed by atoms with Gasteiger partial charge in [0, 0.05) is 23.3 Å². The maximum atomic E-state index is 12.8. The zero-order valence-corrected chi connectivity index (χ0v) is 16.4. The molecule has 3 rings (SSSR count). The lowest BCUT2D eigenvalue weighted by Crippen LogP contribution is -2.06. The molecule has 9 heteroatoms. The minimum absolute atomic E-state index is 0.264. The summed E-state index contributed by atoms with van der Waals surface area (Å²) in [4.78, 5) is 10.3. The van der Waals surface area contributed by atoms with Crippen LogP contribution in [0.5, 0.6) is 11.5 Å². The van der Waals surface area contributed by atoms with Crippen molar-refractivity contribution in [2.75, 3.05) is 5.32 Å². The highest BCUT2D eigenvalue weighted by atomic mass is 35.5. The summed E-state index contributed by atoms with van der Waals surface area (Å²) in [5, 5.41) is 15.1. The third-order valence-electron chi connectivity index (χ3n) is 4.38. The summed E-state index contributed by atoms with van der Waals surface area (Å²) in [6.07, 6.45) is -4.68. The topological polar surface area (TPSA) is 64.4 Å². The van der Waals surface area contributed by atoms with E-state index in [1.807, 2.05) is 19.1 Å². The number of nitrogens with zero attached hydrogens (tertiary/aromatic N) is 1. The monoisotopic (exact) mass is 436 g/mol. The molecule has 0 amide bonds. The highest BCUT2D eigenvalue weighted by Crippen LogP contribution is 2.37. The molecule has 1 N–H and O–H groups in total. The summed E-state index contributed by atoms with van der Waals surface area (Å²) in [5.41, 5.74) is 0.854. The number of hydrogen-bond acceptors (Lipinski definition) is 4. The third kappa shape index (κ3) is 5.01. The van der Waals surface area contributed by atoms with Crippen molar-refractivity contribution in [2.45, 2.75) is 19.6 Å². The Morgan fingerprint density at radius 2 is 1.80 bits per heavy atom. The number of nitrogens with one attached hydrogen (secondary N) is 1. The number of anilines is 1. The summed E-state index contributed by atoms with van der Waals surface area (Å²) >= 11 is 6.10. The van der Waals surface area contributed by atoms with Gasteiger partial charge in [0.05, 0.1) is 10.5 Å². The van der Waals surface area contributed by atoms with Crippen molar-refractivity contribution in [1.29, 1.82) is 0 Å². The Bertz CT molecular complexity index is 1070. The van der Waals surface area contributed by atoms with Crippen LogP contribution in [0.3, 0.4) is 0 Å². The van der Waals surface area contributed by atoms with E-state index < -0.39 is 22.4 Å². The lowest BCUT2D eigenvalue weighted by atomic mass is 10.1. The molecule has 0 bridgehead atoms. The number of halogens is 4. The van der Waals surface area contributed by atoms with Crippen LogP contribution in [-0.4, -0.2) is 4.92 Å². The van der Waals surface area contributed by atoms with Crippen molar-refractivity contribution >= 4 is 23.0 Å². The van der Waals surface area contributed by atoms with Gasteiger partial charge in [0.15, 0.2) is 0 Å². The van der Waals surface area contributed by atoms with Crippen molar-refractivity contribution in [3.05, 3.63) is 92.5 Å². The smallest absolute Gasteiger partial charge is 0.416 e. The third-order valence-corrected chi connectivity index (χ3v) is 4.79. The van der Waals surface area contributed by atoms with Gasteiger partial charge < -0.3 is 10.1 Å². The van der Waals surface area contributed by atoms with Crippen LogP contribution >= 0.6 is 11.6 Å². The van der Waals surface area contributed by atoms with E-state index in [1.54, 1.807) is 30.3 Å². The molecule has 30 heavy (non-hydrogen) atoms. The van der Waals surface area contributed by atoms with Crippen LogP contribution in [0.25, 0.3) is 0 Å². The highest BCUT2D eigenvalue weighted by molar-refractivity contribution is 6.31. The average molecular weight is 437 g/mol. The lowest BCUT2D eigenvalue weighted by Gasteiger charge is -2.12. The quantitative estimate of drug-likeness (QED) is 0.334. The molecule has 0 radical (unpaired) electrons. The Morgan fingerprint density at radius 3 is 2.43 bits per heavy atom. The molecule has 0 aliphatic rings. The van der Waals surface area contributed by atoms with Gasteiger partial charge in [-0.05, 0) is 54.4 Å². The molecule has 3 aromatic rings. The van der Waals surface area contributed by atoms with Gasteiger partial charge >= 0.3 is 11.9 Å². The van der Waals surface area contributed by atoms with Gasteiger partial charge in [0.1, 0.15) is 5.75 Å². The molecule has 0 aliphatic carbocycles. The molecule has 0 fully saturated rings. The van der Waals surface area contributed by atoms with E-state index in [1.165, 1.54) is 0 Å². The Kier molecular flexibility index (Phi) is 6.17. The first kappa shape index (κ1) is 21.4. The Balaban J connectivity index is 1.73. The number of rotatable bonds is 6. The normalized spacial score (nSPS) is 11.2. The summed E-state index contributed by atoms with van der Waals surface area (Å²) in [7, 11) is 0. The Morgan fingerprint density at radius 1 is 1.10 bits per heavy atom. The van der Waals surface area contributed by atoms with Crippen molar-refractivity contribution in [3.63, 3.8) is 0 Å². The van der Waals surface area contributed by atoms with Crippen LogP contribution in [0.15, 0.2) is 60.7 Å². The zero-order chi connectivity index (χ0) is 21.9. The van der Waals surface area contributed by atoms with E-state index in [4.69, 9.17) is 16.3 Å². The molecule has 0 heterocycles. The van der Waals surface area contributed by atoms with Gasteiger partial charge in [-0.1, -0.05) is 29.8 Å². The SMILES string of the molecule is Cc1c(Cl)cccc1NCc1ccc(Oc2ccc(C(F)(F)F)cc2[N+](=O)[O-])cc1. The van der Waals surface area contributed by atoms with Gasteiger partial charge in [0.25, 0.3) is 0 Å². The van der Waals surface area contributed by atoms with Crippen molar-refractivity contribution in [3.8, 4) is 11.5 Å². The Labute approximate surface area is 175 Å². The fraction of sp³-hybridized carbons (Fsp3) is 0.143. The van der Waals surface area contributed by atoms with E-state index >= 15 is 0 Å². The van der Waals surface area contributed by atoms with Crippen molar-refractivity contribution in [1.82, 2.24) is 0 Å². The molecular weight excluding hydrogens is 421 g/mol. The van der Waals surface area contributed by atoms with Crippen LogP contribution in [0.1, 0.15) is 16.7 Å². The van der Waals surface area contributed by atoms with Crippen molar-refractivity contribution in [2.24, 2.45) is 0 Å². The fourth-order valence-corrected chi connectivity index (χ4v) is 2.90. The first-order valence-corrected chi connectivity index (χ1v) is 9.14. The maximum Gasteiger partial charge on any atom is 0.416 e. The largest absolute Gasteiger partial charge is 0.450 e. The predicted octanol–water partition coefficient (Wildman–Crippen LogP) is 6.98. The van der Waals surface area contributed by atoms with Gasteiger partial charge in [0.2, 0.25) is 5.75 Å². The predicted molar refractivity (Wildman–Crippen MR) is 108 cm³/mol. The molecule has 0 atom stereocenters. The van der Waals surface area contributed by atoms with E-state index in [9.17, 15) is 23.3 Å². The van der Waals surface area contributed by atoms with Crippen LogP contribution < -0.4 is 10.1 Å². The van der Waals surface area contributed by atoms with Gasteiger partial charge in [-0.15, -0.1) is 0 Å². The number of benzene rings is 3. The summed E-state index contributed by atoms with van der Waals surface area (Å²) < 4.78 is 43.8. The lowest BCUT2D eigenvalue weighted by molar-refractivity contribution is -0.385.